The molecule has 1 aliphatic heterocycles. The van der Waals surface area contributed by atoms with Crippen LogP contribution >= 0.6 is 11.6 Å². The zero-order valence-corrected chi connectivity index (χ0v) is 16.1. The van der Waals surface area contributed by atoms with E-state index in [0.29, 0.717) is 11.7 Å². The number of alkyl halides is 3. The van der Waals surface area contributed by atoms with Gasteiger partial charge in [-0.05, 0) is 66.1 Å². The summed E-state index contributed by atoms with van der Waals surface area (Å²) < 4.78 is 49.4. The Hall–Kier alpha value is -2.74. The highest BCUT2D eigenvalue weighted by atomic mass is 35.5. The fourth-order valence-electron chi connectivity index (χ4n) is 4.64. The highest BCUT2D eigenvalue weighted by Gasteiger charge is 2.52. The maximum atomic E-state index is 12.8. The molecule has 5 nitrogen and oxygen atoms in total. The highest BCUT2D eigenvalue weighted by Crippen LogP contribution is 2.58. The molecule has 0 spiro atoms. The van der Waals surface area contributed by atoms with Gasteiger partial charge in [-0.25, -0.2) is 4.79 Å². The molecule has 156 valence electrons. The van der Waals surface area contributed by atoms with Crippen molar-refractivity contribution in [2.75, 3.05) is 0 Å². The average Bonchev–Trinajstić information content (AvgIpc) is 2.98. The van der Waals surface area contributed by atoms with Gasteiger partial charge in [0.15, 0.2) is 6.10 Å². The molecular weight excluding hydrogens is 423 g/mol. The zero-order chi connectivity index (χ0) is 21.2. The predicted molar refractivity (Wildman–Crippen MR) is 99.6 cm³/mol. The third-order valence-electron chi connectivity index (χ3n) is 6.07. The number of hydrogen-bond donors (Lipinski definition) is 1. The van der Waals surface area contributed by atoms with Gasteiger partial charge < -0.3 is 9.47 Å². The van der Waals surface area contributed by atoms with Gasteiger partial charge in [0, 0.05) is 5.92 Å². The lowest BCUT2D eigenvalue weighted by Gasteiger charge is -2.48. The topological polar surface area (TPSA) is 64.6 Å². The molecule has 6 rings (SSSR count). The van der Waals surface area contributed by atoms with Crippen LogP contribution in [0.2, 0.25) is 5.02 Å². The second-order valence-electron chi connectivity index (χ2n) is 7.81. The molecular formula is C21H15ClF3NO4. The van der Waals surface area contributed by atoms with Crippen molar-refractivity contribution in [1.82, 2.24) is 5.32 Å². The van der Waals surface area contributed by atoms with Crippen LogP contribution in [0.3, 0.4) is 0 Å². The van der Waals surface area contributed by atoms with Gasteiger partial charge in [-0.3, -0.25) is 10.1 Å². The summed E-state index contributed by atoms with van der Waals surface area (Å²) in [7, 11) is 0. The second kappa shape index (κ2) is 6.63. The lowest BCUT2D eigenvalue weighted by Crippen LogP contribution is -2.43. The number of cyclic esters (lactones) is 1. The van der Waals surface area contributed by atoms with E-state index in [2.05, 4.69) is 5.32 Å². The molecule has 3 aliphatic carbocycles. The van der Waals surface area contributed by atoms with Gasteiger partial charge >= 0.3 is 12.3 Å². The van der Waals surface area contributed by atoms with Crippen LogP contribution in [0.15, 0.2) is 36.4 Å². The Morgan fingerprint density at radius 1 is 1.07 bits per heavy atom. The Kier molecular flexibility index (Phi) is 4.25. The molecule has 2 atom stereocenters. The maximum absolute atomic E-state index is 12.8. The largest absolute Gasteiger partial charge is 0.456 e. The standard InChI is InChI=1S/C21H15ClF3NO4/c22-15-7-11(21(23,24)25)1-4-16(15)29-12-2-3-13-14(8-12)9-5-10(6-9)17(13)18-19(27)26-20(28)30-18/h1-4,7-10,17-18H,5-6H2,(H,26,27,28)/t9?,10?,17-,18?/m1/s1. The first-order chi connectivity index (χ1) is 14.2. The molecule has 2 aromatic carbocycles. The number of rotatable bonds is 3. The van der Waals surface area contributed by atoms with E-state index in [4.69, 9.17) is 21.1 Å². The van der Waals surface area contributed by atoms with E-state index in [1.807, 2.05) is 12.1 Å². The van der Waals surface area contributed by atoms with Crippen molar-refractivity contribution in [2.45, 2.75) is 37.0 Å². The number of ether oxygens (including phenoxy) is 2. The number of hydrogen-bond acceptors (Lipinski definition) is 4. The van der Waals surface area contributed by atoms with Crippen LogP contribution in [-0.4, -0.2) is 18.1 Å². The summed E-state index contributed by atoms with van der Waals surface area (Å²) in [6.07, 6.45) is -4.31. The summed E-state index contributed by atoms with van der Waals surface area (Å²) in [6.45, 7) is 0. The Balaban J connectivity index is 1.43. The van der Waals surface area contributed by atoms with Crippen LogP contribution in [0.5, 0.6) is 11.5 Å². The van der Waals surface area contributed by atoms with Crippen molar-refractivity contribution in [3.05, 3.63) is 58.1 Å². The van der Waals surface area contributed by atoms with Crippen LogP contribution in [0.1, 0.15) is 41.4 Å². The Morgan fingerprint density at radius 3 is 2.47 bits per heavy atom. The highest BCUT2D eigenvalue weighted by molar-refractivity contribution is 6.32. The summed E-state index contributed by atoms with van der Waals surface area (Å²) in [5.74, 6) is 0.478. The number of carbonyl (C=O) groups excluding carboxylic acids is 2. The number of nitrogens with one attached hydrogen (secondary N) is 1. The number of alkyl carbamates (subject to hydrolysis) is 1. The molecule has 2 amide bonds. The van der Waals surface area contributed by atoms with Crippen molar-refractivity contribution >= 4 is 23.6 Å². The van der Waals surface area contributed by atoms with Crippen molar-refractivity contribution in [1.29, 1.82) is 0 Å². The van der Waals surface area contributed by atoms with Crippen molar-refractivity contribution in [3.63, 3.8) is 0 Å². The summed E-state index contributed by atoms with van der Waals surface area (Å²) in [4.78, 5) is 23.6. The fraction of sp³-hybridized carbons (Fsp3) is 0.333. The minimum atomic E-state index is -4.49. The molecule has 1 heterocycles. The van der Waals surface area contributed by atoms with E-state index in [1.54, 1.807) is 6.07 Å². The number of benzene rings is 2. The Bertz CT molecular complexity index is 1060. The maximum Gasteiger partial charge on any atom is 0.416 e. The Labute approximate surface area is 174 Å². The van der Waals surface area contributed by atoms with Crippen LogP contribution in [0, 0.1) is 5.92 Å². The zero-order valence-electron chi connectivity index (χ0n) is 15.3. The summed E-state index contributed by atoms with van der Waals surface area (Å²) in [5, 5.41) is 2.04. The predicted octanol–water partition coefficient (Wildman–Crippen LogP) is 5.38. The smallest absolute Gasteiger partial charge is 0.416 e. The normalized spacial score (nSPS) is 27.1. The van der Waals surface area contributed by atoms with Gasteiger partial charge in [-0.15, -0.1) is 0 Å². The lowest BCUT2D eigenvalue weighted by molar-refractivity contribution is -0.137. The molecule has 4 aliphatic rings. The minimum Gasteiger partial charge on any atom is -0.456 e. The monoisotopic (exact) mass is 437 g/mol. The van der Waals surface area contributed by atoms with Gasteiger partial charge in [0.25, 0.3) is 5.91 Å². The summed E-state index contributed by atoms with van der Waals surface area (Å²) in [6, 6.07) is 8.26. The number of carbonyl (C=O) groups is 2. The molecule has 1 N–H and O–H groups in total. The van der Waals surface area contributed by atoms with Crippen LogP contribution in [0.4, 0.5) is 18.0 Å². The number of halogens is 4. The first-order valence-corrected chi connectivity index (χ1v) is 9.78. The first-order valence-electron chi connectivity index (χ1n) is 9.40. The van der Waals surface area contributed by atoms with E-state index in [0.717, 1.165) is 36.1 Å². The van der Waals surface area contributed by atoms with Crippen molar-refractivity contribution in [2.24, 2.45) is 5.92 Å². The molecule has 1 saturated heterocycles. The Morgan fingerprint density at radius 2 is 1.83 bits per heavy atom. The number of imide groups is 1. The molecule has 0 aromatic heterocycles. The van der Waals surface area contributed by atoms with Gasteiger partial charge in [-0.2, -0.15) is 13.2 Å². The van der Waals surface area contributed by atoms with Gasteiger partial charge in [0.05, 0.1) is 10.6 Å². The van der Waals surface area contributed by atoms with E-state index >= 15 is 0 Å². The molecule has 2 fully saturated rings. The van der Waals surface area contributed by atoms with Crippen molar-refractivity contribution in [3.8, 4) is 11.5 Å². The van der Waals surface area contributed by atoms with E-state index < -0.39 is 29.8 Å². The fourth-order valence-corrected chi connectivity index (χ4v) is 4.86. The summed E-state index contributed by atoms with van der Waals surface area (Å²) >= 11 is 5.99. The van der Waals surface area contributed by atoms with Crippen LogP contribution in [0.25, 0.3) is 0 Å². The second-order valence-corrected chi connectivity index (χ2v) is 8.21. The molecule has 1 unspecified atom stereocenters. The van der Waals surface area contributed by atoms with E-state index in [1.165, 1.54) is 6.07 Å². The SMILES string of the molecule is O=C1NC(=O)C([C@H]2c3ccc(Oc4ccc(C(F)(F)F)cc4Cl)cc3C3CC2C3)O1. The third-order valence-corrected chi connectivity index (χ3v) is 6.37. The lowest BCUT2D eigenvalue weighted by atomic mass is 9.56. The molecule has 2 aromatic rings. The van der Waals surface area contributed by atoms with Gasteiger partial charge in [0.2, 0.25) is 0 Å². The minimum absolute atomic E-state index is 0.118. The van der Waals surface area contributed by atoms with Crippen molar-refractivity contribution < 1.29 is 32.2 Å². The van der Waals surface area contributed by atoms with Gasteiger partial charge in [-0.1, -0.05) is 17.7 Å². The third kappa shape index (κ3) is 3.10. The number of amides is 2. The average molecular weight is 438 g/mol. The van der Waals surface area contributed by atoms with Crippen LogP contribution in [-0.2, 0) is 15.7 Å². The molecule has 30 heavy (non-hydrogen) atoms. The van der Waals surface area contributed by atoms with Crippen LogP contribution < -0.4 is 10.1 Å². The quantitative estimate of drug-likeness (QED) is 0.700. The van der Waals surface area contributed by atoms with Gasteiger partial charge in [0.1, 0.15) is 11.5 Å². The first kappa shape index (κ1) is 19.2. The van der Waals surface area contributed by atoms with E-state index in [9.17, 15) is 22.8 Å². The molecule has 9 heteroatoms. The molecule has 1 saturated carbocycles. The molecule has 0 radical (unpaired) electrons. The molecule has 2 bridgehead atoms. The summed E-state index contributed by atoms with van der Waals surface area (Å²) in [5.41, 5.74) is 1.08. The van der Waals surface area contributed by atoms with E-state index in [-0.39, 0.29) is 22.6 Å².